The minimum atomic E-state index is -0.145. The van der Waals surface area contributed by atoms with E-state index in [1.54, 1.807) is 20.3 Å². The number of fused-ring (bicyclic) bond motifs is 1. The number of methoxy groups -OCH3 is 2. The molecule has 0 spiro atoms. The van der Waals surface area contributed by atoms with Gasteiger partial charge in [-0.15, -0.1) is 11.6 Å². The van der Waals surface area contributed by atoms with E-state index in [1.807, 2.05) is 6.07 Å². The van der Waals surface area contributed by atoms with E-state index in [2.05, 4.69) is 10.3 Å². The summed E-state index contributed by atoms with van der Waals surface area (Å²) in [4.78, 5) is 15.8. The van der Waals surface area contributed by atoms with Crippen LogP contribution in [0.15, 0.2) is 12.1 Å². The van der Waals surface area contributed by atoms with E-state index in [1.165, 1.54) is 11.3 Å². The number of alkyl halides is 1. The molecule has 0 aliphatic heterocycles. The Bertz CT molecular complexity index is 559. The number of nitrogens with zero attached hydrogens (tertiary/aromatic N) is 1. The molecule has 1 aromatic heterocycles. The number of thiazole rings is 1. The maximum atomic E-state index is 11.5. The highest BCUT2D eigenvalue weighted by Gasteiger charge is 2.11. The minimum Gasteiger partial charge on any atom is -0.493 e. The van der Waals surface area contributed by atoms with Crippen molar-refractivity contribution in [2.45, 2.75) is 6.42 Å². The lowest BCUT2D eigenvalue weighted by Crippen LogP contribution is -2.11. The topological polar surface area (TPSA) is 60.5 Å². The van der Waals surface area contributed by atoms with Crippen molar-refractivity contribution in [3.8, 4) is 11.5 Å². The van der Waals surface area contributed by atoms with E-state index in [-0.39, 0.29) is 12.3 Å². The predicted molar refractivity (Wildman–Crippen MR) is 76.7 cm³/mol. The number of amides is 1. The third-order valence-electron chi connectivity index (χ3n) is 2.46. The molecule has 5 nitrogen and oxygen atoms in total. The highest BCUT2D eigenvalue weighted by molar-refractivity contribution is 7.22. The van der Waals surface area contributed by atoms with Crippen LogP contribution in [0.5, 0.6) is 11.5 Å². The number of benzene rings is 1. The van der Waals surface area contributed by atoms with Gasteiger partial charge in [-0.1, -0.05) is 11.3 Å². The molecule has 102 valence electrons. The molecule has 19 heavy (non-hydrogen) atoms. The number of anilines is 1. The van der Waals surface area contributed by atoms with Gasteiger partial charge in [0.15, 0.2) is 16.6 Å². The first-order chi connectivity index (χ1) is 9.17. The number of rotatable bonds is 5. The number of halogens is 1. The quantitative estimate of drug-likeness (QED) is 0.863. The van der Waals surface area contributed by atoms with Crippen LogP contribution in [-0.2, 0) is 4.79 Å². The zero-order valence-corrected chi connectivity index (χ0v) is 12.1. The molecule has 1 amide bonds. The number of nitrogens with one attached hydrogen (secondary N) is 1. The van der Waals surface area contributed by atoms with E-state index in [9.17, 15) is 4.79 Å². The Balaban J connectivity index is 2.32. The van der Waals surface area contributed by atoms with Crippen molar-refractivity contribution >= 4 is 44.2 Å². The highest BCUT2D eigenvalue weighted by atomic mass is 35.5. The zero-order chi connectivity index (χ0) is 13.8. The molecular formula is C12H13ClN2O3S. The summed E-state index contributed by atoms with van der Waals surface area (Å²) in [6.07, 6.45) is 0.268. The normalized spacial score (nSPS) is 10.5. The van der Waals surface area contributed by atoms with Crippen molar-refractivity contribution < 1.29 is 14.3 Å². The molecule has 1 heterocycles. The molecular weight excluding hydrogens is 288 g/mol. The molecule has 0 radical (unpaired) electrons. The second-order valence-electron chi connectivity index (χ2n) is 3.68. The molecule has 0 saturated heterocycles. The third-order valence-corrected chi connectivity index (χ3v) is 3.58. The van der Waals surface area contributed by atoms with Crippen LogP contribution in [0.1, 0.15) is 6.42 Å². The lowest BCUT2D eigenvalue weighted by Gasteiger charge is -2.05. The Morgan fingerprint density at radius 3 is 2.68 bits per heavy atom. The summed E-state index contributed by atoms with van der Waals surface area (Å²) in [5.74, 6) is 1.39. The van der Waals surface area contributed by atoms with E-state index in [0.717, 1.165) is 10.2 Å². The molecule has 1 N–H and O–H groups in total. The summed E-state index contributed by atoms with van der Waals surface area (Å²) < 4.78 is 11.3. The first-order valence-electron chi connectivity index (χ1n) is 5.56. The molecule has 0 aliphatic rings. The maximum absolute atomic E-state index is 11.5. The van der Waals surface area contributed by atoms with Crippen molar-refractivity contribution in [3.05, 3.63) is 12.1 Å². The molecule has 0 fully saturated rings. The average Bonchev–Trinajstić information content (AvgIpc) is 2.78. The molecule has 7 heteroatoms. The maximum Gasteiger partial charge on any atom is 0.227 e. The number of carbonyl (C=O) groups excluding carboxylic acids is 1. The van der Waals surface area contributed by atoms with Crippen molar-refractivity contribution in [2.75, 3.05) is 25.4 Å². The summed E-state index contributed by atoms with van der Waals surface area (Å²) in [6.45, 7) is 0. The van der Waals surface area contributed by atoms with Crippen molar-refractivity contribution in [3.63, 3.8) is 0 Å². The van der Waals surface area contributed by atoms with E-state index >= 15 is 0 Å². The van der Waals surface area contributed by atoms with Crippen LogP contribution in [0.4, 0.5) is 5.13 Å². The van der Waals surface area contributed by atoms with Gasteiger partial charge < -0.3 is 14.8 Å². The second kappa shape index (κ2) is 6.08. The fraction of sp³-hybridized carbons (Fsp3) is 0.333. The summed E-state index contributed by atoms with van der Waals surface area (Å²) in [5.41, 5.74) is 0.754. The largest absolute Gasteiger partial charge is 0.493 e. The number of hydrogen-bond donors (Lipinski definition) is 1. The molecule has 1 aromatic carbocycles. The summed E-state index contributed by atoms with van der Waals surface area (Å²) in [5, 5.41) is 3.25. The van der Waals surface area contributed by atoms with Crippen LogP contribution in [0.3, 0.4) is 0 Å². The zero-order valence-electron chi connectivity index (χ0n) is 10.5. The van der Waals surface area contributed by atoms with E-state index in [4.69, 9.17) is 21.1 Å². The molecule has 0 atom stereocenters. The molecule has 0 bridgehead atoms. The monoisotopic (exact) mass is 300 g/mol. The Labute approximate surface area is 119 Å². The predicted octanol–water partition coefficient (Wildman–Crippen LogP) is 2.88. The van der Waals surface area contributed by atoms with Gasteiger partial charge in [0.2, 0.25) is 5.91 Å². The Morgan fingerprint density at radius 1 is 1.37 bits per heavy atom. The van der Waals surface area contributed by atoms with Gasteiger partial charge >= 0.3 is 0 Å². The van der Waals surface area contributed by atoms with Crippen molar-refractivity contribution in [2.24, 2.45) is 0 Å². The average molecular weight is 301 g/mol. The first kappa shape index (κ1) is 13.9. The SMILES string of the molecule is COc1cc2nc(NC(=O)CCCl)sc2cc1OC. The minimum absolute atomic E-state index is 0.145. The summed E-state index contributed by atoms with van der Waals surface area (Å²) >= 11 is 6.89. The highest BCUT2D eigenvalue weighted by Crippen LogP contribution is 2.36. The first-order valence-corrected chi connectivity index (χ1v) is 6.91. The smallest absolute Gasteiger partial charge is 0.227 e. The molecule has 2 rings (SSSR count). The fourth-order valence-electron chi connectivity index (χ4n) is 1.58. The van der Waals surface area contributed by atoms with Gasteiger partial charge in [-0.2, -0.15) is 0 Å². The lowest BCUT2D eigenvalue weighted by atomic mass is 10.3. The molecule has 0 saturated carbocycles. The van der Waals surface area contributed by atoms with Crippen molar-refractivity contribution in [1.82, 2.24) is 4.98 Å². The van der Waals surface area contributed by atoms with Crippen LogP contribution in [0.2, 0.25) is 0 Å². The standard InChI is InChI=1S/C12H13ClN2O3S/c1-17-8-5-7-10(6-9(8)18-2)19-12(14-7)15-11(16)3-4-13/h5-6H,3-4H2,1-2H3,(H,14,15,16). The van der Waals surface area contributed by atoms with Gasteiger partial charge in [0.05, 0.1) is 24.4 Å². The van der Waals surface area contributed by atoms with E-state index < -0.39 is 0 Å². The fourth-order valence-corrected chi connectivity index (χ4v) is 2.64. The van der Waals surface area contributed by atoms with Crippen molar-refractivity contribution in [1.29, 1.82) is 0 Å². The number of ether oxygens (including phenoxy) is 2. The van der Waals surface area contributed by atoms with Crippen LogP contribution in [-0.4, -0.2) is 31.0 Å². The Morgan fingerprint density at radius 2 is 2.05 bits per heavy atom. The second-order valence-corrected chi connectivity index (χ2v) is 5.09. The molecule has 0 unspecified atom stereocenters. The van der Waals surface area contributed by atoms with Crippen LogP contribution in [0, 0.1) is 0 Å². The van der Waals surface area contributed by atoms with Gasteiger partial charge in [0.25, 0.3) is 0 Å². The third kappa shape index (κ3) is 3.08. The van der Waals surface area contributed by atoms with E-state index in [0.29, 0.717) is 22.5 Å². The van der Waals surface area contributed by atoms with Gasteiger partial charge in [0, 0.05) is 24.4 Å². The van der Waals surface area contributed by atoms with Crippen LogP contribution in [0.25, 0.3) is 10.2 Å². The lowest BCUT2D eigenvalue weighted by molar-refractivity contribution is -0.115. The van der Waals surface area contributed by atoms with Gasteiger partial charge in [0.1, 0.15) is 0 Å². The van der Waals surface area contributed by atoms with Gasteiger partial charge in [-0.05, 0) is 0 Å². The summed E-state index contributed by atoms with van der Waals surface area (Å²) in [6, 6.07) is 3.62. The number of aromatic nitrogens is 1. The van der Waals surface area contributed by atoms with Gasteiger partial charge in [-0.25, -0.2) is 4.98 Å². The Kier molecular flexibility index (Phi) is 4.44. The summed E-state index contributed by atoms with van der Waals surface area (Å²) in [7, 11) is 3.15. The van der Waals surface area contributed by atoms with Crippen LogP contribution < -0.4 is 14.8 Å². The molecule has 0 aliphatic carbocycles. The van der Waals surface area contributed by atoms with Gasteiger partial charge in [-0.3, -0.25) is 4.79 Å². The number of carbonyl (C=O) groups is 1. The molecule has 2 aromatic rings. The Hall–Kier alpha value is -1.53. The van der Waals surface area contributed by atoms with Crippen LogP contribution >= 0.6 is 22.9 Å². The number of hydrogen-bond acceptors (Lipinski definition) is 5.